The van der Waals surface area contributed by atoms with Gasteiger partial charge in [0, 0.05) is 24.9 Å². The van der Waals surface area contributed by atoms with Crippen LogP contribution in [-0.4, -0.2) is 49.2 Å². The molecule has 1 fully saturated rings. The summed E-state index contributed by atoms with van der Waals surface area (Å²) in [5, 5.41) is 12.7. The number of hydrogen-bond donors (Lipinski definition) is 2. The first kappa shape index (κ1) is 29.4. The van der Waals surface area contributed by atoms with Crippen molar-refractivity contribution < 1.29 is 22.6 Å². The molecule has 1 amide bonds. The second-order valence-corrected chi connectivity index (χ2v) is 13.6. The number of nitrogens with zero attached hydrogens (tertiary/aromatic N) is 3. The topological polar surface area (TPSA) is 127 Å². The van der Waals surface area contributed by atoms with E-state index >= 15 is 0 Å². The largest absolute Gasteiger partial charge is 0.493 e. The normalized spacial score (nSPS) is 17.9. The van der Waals surface area contributed by atoms with Gasteiger partial charge in [0.15, 0.2) is 0 Å². The highest BCUT2D eigenvalue weighted by atomic mass is 32.2. The van der Waals surface area contributed by atoms with E-state index in [9.17, 15) is 13.2 Å². The lowest BCUT2D eigenvalue weighted by molar-refractivity contribution is -0.122. The zero-order chi connectivity index (χ0) is 30.8. The molecule has 0 saturated carbocycles. The molecule has 4 aromatic carbocycles. The summed E-state index contributed by atoms with van der Waals surface area (Å²) in [6.07, 6.45) is 4.26. The number of likely N-dealkylation sites (tertiary alicyclic amines) is 1. The fraction of sp³-hybridized carbons (Fsp3) is 0.324. The minimum Gasteiger partial charge on any atom is -0.493 e. The third kappa shape index (κ3) is 6.56. The molecule has 0 aliphatic carbocycles. The molecule has 2 aliphatic heterocycles. The van der Waals surface area contributed by atoms with E-state index in [1.54, 1.807) is 36.4 Å². The van der Waals surface area contributed by atoms with Crippen molar-refractivity contribution in [3.8, 4) is 5.75 Å². The number of carbonyl (C=O) groups is 1. The monoisotopic (exact) mass is 625 g/mol. The number of benzene rings is 4. The Morgan fingerprint density at radius 3 is 2.60 bits per heavy atom. The number of nitrogens with one attached hydrogen (secondary N) is 2. The highest BCUT2D eigenvalue weighted by Crippen LogP contribution is 2.34. The molecule has 11 heteroatoms. The van der Waals surface area contributed by atoms with Gasteiger partial charge in [-0.15, -0.1) is 0 Å². The Labute approximate surface area is 261 Å². The van der Waals surface area contributed by atoms with Crippen molar-refractivity contribution >= 4 is 37.7 Å². The van der Waals surface area contributed by atoms with Crippen LogP contribution < -0.4 is 14.8 Å². The highest BCUT2D eigenvalue weighted by Gasteiger charge is 2.28. The quantitative estimate of drug-likeness (QED) is 0.223. The maximum absolute atomic E-state index is 13.7. The first-order valence-corrected chi connectivity index (χ1v) is 16.9. The van der Waals surface area contributed by atoms with Crippen LogP contribution in [0.1, 0.15) is 60.9 Å². The summed E-state index contributed by atoms with van der Waals surface area (Å²) < 4.78 is 41.0. The van der Waals surface area contributed by atoms with E-state index in [1.165, 1.54) is 24.8 Å². The average molecular weight is 626 g/mol. The molecule has 2 aliphatic rings. The van der Waals surface area contributed by atoms with Gasteiger partial charge in [0.1, 0.15) is 16.8 Å². The molecular weight excluding hydrogens is 590 g/mol. The molecular formula is C34H35N5O5S. The summed E-state index contributed by atoms with van der Waals surface area (Å²) in [7, 11) is -4.00. The zero-order valence-electron chi connectivity index (χ0n) is 24.8. The van der Waals surface area contributed by atoms with Crippen LogP contribution in [0.3, 0.4) is 0 Å². The lowest BCUT2D eigenvalue weighted by Crippen LogP contribution is -2.36. The van der Waals surface area contributed by atoms with E-state index < -0.39 is 16.1 Å². The SMILES string of the molecule is O=C(CC(NS(=O)(=O)c1ccc2ccccc2c1)c1ccc2nonc2c1)NC1CCOc2cc(CN3CCCCC3)ccc21. The smallest absolute Gasteiger partial charge is 0.241 e. The van der Waals surface area contributed by atoms with Gasteiger partial charge >= 0.3 is 0 Å². The van der Waals surface area contributed by atoms with Crippen LogP contribution >= 0.6 is 0 Å². The summed E-state index contributed by atoms with van der Waals surface area (Å²) in [6.45, 7) is 3.60. The summed E-state index contributed by atoms with van der Waals surface area (Å²) in [5.41, 5.74) is 3.72. The molecule has 45 heavy (non-hydrogen) atoms. The highest BCUT2D eigenvalue weighted by molar-refractivity contribution is 7.89. The van der Waals surface area contributed by atoms with E-state index in [0.717, 1.165) is 41.7 Å². The van der Waals surface area contributed by atoms with Gasteiger partial charge in [0.25, 0.3) is 0 Å². The van der Waals surface area contributed by atoms with E-state index in [2.05, 4.69) is 37.4 Å². The maximum Gasteiger partial charge on any atom is 0.241 e. The van der Waals surface area contributed by atoms with E-state index in [1.807, 2.05) is 30.3 Å². The van der Waals surface area contributed by atoms with Crippen molar-refractivity contribution in [3.05, 3.63) is 95.6 Å². The van der Waals surface area contributed by atoms with Crippen LogP contribution in [0.5, 0.6) is 5.75 Å². The predicted octanol–water partition coefficient (Wildman–Crippen LogP) is 5.41. The zero-order valence-corrected chi connectivity index (χ0v) is 25.6. The first-order valence-electron chi connectivity index (χ1n) is 15.4. The van der Waals surface area contributed by atoms with Gasteiger partial charge in [-0.05, 0) is 88.5 Å². The number of amides is 1. The summed E-state index contributed by atoms with van der Waals surface area (Å²) in [5.74, 6) is 0.508. The molecule has 2 N–H and O–H groups in total. The van der Waals surface area contributed by atoms with Gasteiger partial charge in [-0.3, -0.25) is 9.69 Å². The fourth-order valence-electron chi connectivity index (χ4n) is 6.33. The number of hydrogen-bond acceptors (Lipinski definition) is 8. The number of piperidine rings is 1. The standard InChI is InChI=1S/C34H35N5O5S/c40-34(35-29-14-17-43-33-18-23(8-12-28(29)33)22-39-15-4-1-5-16-39)21-31(26-10-13-30-32(20-26)37-44-36-30)38-45(41,42)27-11-9-24-6-2-3-7-25(24)19-27/h2-3,6-13,18-20,29,31,38H,1,4-5,14-17,21-22H2,(H,35,40). The van der Waals surface area contributed by atoms with Crippen molar-refractivity contribution in [1.82, 2.24) is 25.3 Å². The minimum atomic E-state index is -4.00. The lowest BCUT2D eigenvalue weighted by Gasteiger charge is -2.29. The van der Waals surface area contributed by atoms with Crippen LogP contribution in [0.2, 0.25) is 0 Å². The second-order valence-electron chi connectivity index (χ2n) is 11.9. The number of aromatic nitrogens is 2. The van der Waals surface area contributed by atoms with E-state index in [0.29, 0.717) is 29.6 Å². The van der Waals surface area contributed by atoms with Crippen LogP contribution in [0.4, 0.5) is 0 Å². The van der Waals surface area contributed by atoms with Crippen molar-refractivity contribution in [2.24, 2.45) is 0 Å². The molecule has 0 spiro atoms. The average Bonchev–Trinajstić information content (AvgIpc) is 3.53. The molecule has 1 aromatic heterocycles. The van der Waals surface area contributed by atoms with Crippen molar-refractivity contribution in [2.75, 3.05) is 19.7 Å². The van der Waals surface area contributed by atoms with Crippen LogP contribution in [0.25, 0.3) is 21.8 Å². The summed E-state index contributed by atoms with van der Waals surface area (Å²) in [6, 6.07) is 22.8. The first-order chi connectivity index (χ1) is 21.9. The van der Waals surface area contributed by atoms with Gasteiger partial charge in [-0.25, -0.2) is 17.8 Å². The molecule has 232 valence electrons. The van der Waals surface area contributed by atoms with Crippen molar-refractivity contribution in [2.45, 2.75) is 55.6 Å². The summed E-state index contributed by atoms with van der Waals surface area (Å²) >= 11 is 0. The summed E-state index contributed by atoms with van der Waals surface area (Å²) in [4.78, 5) is 16.2. The molecule has 10 nitrogen and oxygen atoms in total. The van der Waals surface area contributed by atoms with Gasteiger partial charge in [-0.1, -0.05) is 55.0 Å². The van der Waals surface area contributed by atoms with Gasteiger partial charge < -0.3 is 10.1 Å². The van der Waals surface area contributed by atoms with Crippen LogP contribution in [-0.2, 0) is 21.4 Å². The number of sulfonamides is 1. The molecule has 0 radical (unpaired) electrons. The van der Waals surface area contributed by atoms with Gasteiger partial charge in [0.05, 0.1) is 23.6 Å². The number of rotatable bonds is 9. The Balaban J connectivity index is 1.11. The minimum absolute atomic E-state index is 0.120. The second kappa shape index (κ2) is 12.6. The Bertz CT molecular complexity index is 1950. The third-order valence-corrected chi connectivity index (χ3v) is 10.2. The van der Waals surface area contributed by atoms with Crippen molar-refractivity contribution in [1.29, 1.82) is 0 Å². The van der Waals surface area contributed by atoms with Gasteiger partial charge in [0.2, 0.25) is 15.9 Å². The number of carbonyl (C=O) groups excluding carboxylic acids is 1. The molecule has 1 saturated heterocycles. The van der Waals surface area contributed by atoms with Crippen LogP contribution in [0, 0.1) is 0 Å². The van der Waals surface area contributed by atoms with Crippen LogP contribution in [0.15, 0.2) is 88.4 Å². The Hall–Kier alpha value is -4.32. The van der Waals surface area contributed by atoms with E-state index in [4.69, 9.17) is 9.37 Å². The molecule has 7 rings (SSSR count). The Morgan fingerprint density at radius 1 is 0.911 bits per heavy atom. The predicted molar refractivity (Wildman–Crippen MR) is 170 cm³/mol. The molecule has 2 unspecified atom stereocenters. The van der Waals surface area contributed by atoms with Crippen molar-refractivity contribution in [3.63, 3.8) is 0 Å². The lowest BCUT2D eigenvalue weighted by atomic mass is 9.97. The molecule has 3 heterocycles. The number of ether oxygens (including phenoxy) is 1. The van der Waals surface area contributed by atoms with Gasteiger partial charge in [-0.2, -0.15) is 0 Å². The number of fused-ring (bicyclic) bond motifs is 3. The third-order valence-electron chi connectivity index (χ3n) is 8.71. The fourth-order valence-corrected chi connectivity index (χ4v) is 7.59. The maximum atomic E-state index is 13.7. The van der Waals surface area contributed by atoms with E-state index in [-0.39, 0.29) is 23.3 Å². The molecule has 0 bridgehead atoms. The Morgan fingerprint density at radius 2 is 1.73 bits per heavy atom. The Kier molecular flexibility index (Phi) is 8.22. The molecule has 5 aromatic rings. The molecule has 2 atom stereocenters.